The minimum Gasteiger partial charge on any atom is -0.504 e. The molecule has 24 heavy (non-hydrogen) atoms. The van der Waals surface area contributed by atoms with Gasteiger partial charge in [-0.05, 0) is 55.7 Å². The fraction of sp³-hybridized carbons (Fsp3) is 0.250. The molecule has 0 atom stereocenters. The Kier molecular flexibility index (Phi) is 4.30. The molecular weight excluding hydrogens is 304 g/mol. The van der Waals surface area contributed by atoms with E-state index in [-0.39, 0.29) is 18.1 Å². The molecule has 0 aliphatic carbocycles. The zero-order valence-corrected chi connectivity index (χ0v) is 14.1. The molecule has 0 radical (unpaired) electrons. The lowest BCUT2D eigenvalue weighted by molar-refractivity contribution is 0.0999. The Morgan fingerprint density at radius 3 is 2.71 bits per heavy atom. The Balaban J connectivity index is 1.99. The molecule has 0 bridgehead atoms. The van der Waals surface area contributed by atoms with E-state index in [0.29, 0.717) is 29.2 Å². The second kappa shape index (κ2) is 6.40. The maximum atomic E-state index is 12.8. The first kappa shape index (κ1) is 16.1. The van der Waals surface area contributed by atoms with Gasteiger partial charge >= 0.3 is 0 Å². The largest absolute Gasteiger partial charge is 0.504 e. The van der Waals surface area contributed by atoms with Gasteiger partial charge in [-0.3, -0.25) is 4.79 Å². The van der Waals surface area contributed by atoms with Crippen molar-refractivity contribution in [3.05, 3.63) is 58.2 Å². The summed E-state index contributed by atoms with van der Waals surface area (Å²) in [6.45, 7) is 6.40. The Morgan fingerprint density at radius 1 is 1.21 bits per heavy atom. The summed E-state index contributed by atoms with van der Waals surface area (Å²) in [4.78, 5) is 12.8. The van der Waals surface area contributed by atoms with Gasteiger partial charge in [0.1, 0.15) is 12.4 Å². The monoisotopic (exact) mass is 324 g/mol. The Labute approximate surface area is 141 Å². The summed E-state index contributed by atoms with van der Waals surface area (Å²) in [7, 11) is 0. The summed E-state index contributed by atoms with van der Waals surface area (Å²) in [5.41, 5.74) is 3.88. The zero-order chi connectivity index (χ0) is 17.3. The first-order chi connectivity index (χ1) is 11.5. The van der Waals surface area contributed by atoms with Crippen LogP contribution in [0.4, 0.5) is 0 Å². The molecule has 0 spiro atoms. The summed E-state index contributed by atoms with van der Waals surface area (Å²) in [6, 6.07) is 8.93. The number of hydrogen-bond acceptors (Lipinski definition) is 4. The Morgan fingerprint density at radius 2 is 1.96 bits per heavy atom. The third-order valence-corrected chi connectivity index (χ3v) is 4.08. The number of ether oxygens (including phenoxy) is 2. The summed E-state index contributed by atoms with van der Waals surface area (Å²) in [6.07, 6.45) is 1.79. The molecule has 3 rings (SSSR count). The molecule has 1 N–H and O–H groups in total. The van der Waals surface area contributed by atoms with Crippen LogP contribution in [0.2, 0.25) is 0 Å². The van der Waals surface area contributed by atoms with Crippen molar-refractivity contribution in [2.75, 3.05) is 13.2 Å². The van der Waals surface area contributed by atoms with Gasteiger partial charge in [0.05, 0.1) is 12.2 Å². The molecule has 1 aliphatic rings. The molecule has 124 valence electrons. The third kappa shape index (κ3) is 2.87. The minimum atomic E-state index is -0.0107. The average molecular weight is 324 g/mol. The van der Waals surface area contributed by atoms with E-state index in [4.69, 9.17) is 9.47 Å². The first-order valence-electron chi connectivity index (χ1n) is 7.95. The lowest BCUT2D eigenvalue weighted by Gasteiger charge is -2.22. The topological polar surface area (TPSA) is 55.8 Å². The fourth-order valence-corrected chi connectivity index (χ4v) is 2.83. The number of carbonyl (C=O) groups is 1. The first-order valence-corrected chi connectivity index (χ1v) is 7.95. The number of ketones is 1. The smallest absolute Gasteiger partial charge is 0.196 e. The number of aryl methyl sites for hydroxylation is 2. The van der Waals surface area contributed by atoms with E-state index in [1.54, 1.807) is 24.3 Å². The zero-order valence-electron chi connectivity index (χ0n) is 14.1. The molecular formula is C20H20O4. The van der Waals surface area contributed by atoms with Crippen molar-refractivity contribution in [1.82, 2.24) is 0 Å². The van der Waals surface area contributed by atoms with E-state index >= 15 is 0 Å². The van der Waals surface area contributed by atoms with Gasteiger partial charge in [-0.15, -0.1) is 0 Å². The van der Waals surface area contributed by atoms with Crippen LogP contribution in [0.5, 0.6) is 17.2 Å². The SMILES string of the molecule is CCOc1cc(/C=C2\COc3c(C)ccc(C)c3C2=O)ccc1O. The van der Waals surface area contributed by atoms with Crippen LogP contribution in [0.25, 0.3) is 6.08 Å². The number of Topliss-reactive ketones (excluding diaryl/α,β-unsaturated/α-hetero) is 1. The fourth-order valence-electron chi connectivity index (χ4n) is 2.83. The highest BCUT2D eigenvalue weighted by molar-refractivity contribution is 6.15. The lowest BCUT2D eigenvalue weighted by atomic mass is 9.93. The van der Waals surface area contributed by atoms with E-state index in [9.17, 15) is 9.90 Å². The summed E-state index contributed by atoms with van der Waals surface area (Å²) >= 11 is 0. The van der Waals surface area contributed by atoms with Crippen LogP contribution in [-0.2, 0) is 0 Å². The molecule has 0 amide bonds. The second-order valence-corrected chi connectivity index (χ2v) is 5.85. The highest BCUT2D eigenvalue weighted by Gasteiger charge is 2.26. The van der Waals surface area contributed by atoms with E-state index in [1.807, 2.05) is 32.9 Å². The molecule has 2 aromatic carbocycles. The number of carbonyl (C=O) groups excluding carboxylic acids is 1. The number of benzene rings is 2. The Bertz CT molecular complexity index is 834. The van der Waals surface area contributed by atoms with Gasteiger partial charge in [0, 0.05) is 5.57 Å². The third-order valence-electron chi connectivity index (χ3n) is 4.08. The number of aromatic hydroxyl groups is 1. The summed E-state index contributed by atoms with van der Waals surface area (Å²) in [5.74, 6) is 1.16. The predicted octanol–water partition coefficient (Wildman–Crippen LogP) is 4.07. The molecule has 0 saturated heterocycles. The van der Waals surface area contributed by atoms with Crippen LogP contribution in [0.1, 0.15) is 34.0 Å². The quantitative estimate of drug-likeness (QED) is 0.865. The normalized spacial score (nSPS) is 15.1. The number of phenolic OH excluding ortho intramolecular Hbond substituents is 1. The lowest BCUT2D eigenvalue weighted by Crippen LogP contribution is -2.21. The maximum absolute atomic E-state index is 12.8. The van der Waals surface area contributed by atoms with Crippen LogP contribution in [0.3, 0.4) is 0 Å². The molecule has 0 saturated carbocycles. The van der Waals surface area contributed by atoms with Gasteiger partial charge in [-0.25, -0.2) is 0 Å². The Hall–Kier alpha value is -2.75. The summed E-state index contributed by atoms with van der Waals surface area (Å²) < 4.78 is 11.2. The highest BCUT2D eigenvalue weighted by Crippen LogP contribution is 2.34. The average Bonchev–Trinajstić information content (AvgIpc) is 2.56. The van der Waals surface area contributed by atoms with E-state index in [1.165, 1.54) is 0 Å². The van der Waals surface area contributed by atoms with Gasteiger partial charge in [-0.2, -0.15) is 0 Å². The molecule has 2 aromatic rings. The number of fused-ring (bicyclic) bond motifs is 1. The number of hydrogen-bond donors (Lipinski definition) is 1. The molecule has 1 aliphatic heterocycles. The molecule has 4 nitrogen and oxygen atoms in total. The second-order valence-electron chi connectivity index (χ2n) is 5.85. The van der Waals surface area contributed by atoms with Crippen molar-refractivity contribution < 1.29 is 19.4 Å². The molecule has 0 unspecified atom stereocenters. The molecule has 1 heterocycles. The van der Waals surface area contributed by atoms with Crippen molar-refractivity contribution in [2.45, 2.75) is 20.8 Å². The van der Waals surface area contributed by atoms with Crippen LogP contribution in [0.15, 0.2) is 35.9 Å². The molecule has 0 fully saturated rings. The predicted molar refractivity (Wildman–Crippen MR) is 93.0 cm³/mol. The van der Waals surface area contributed by atoms with Gasteiger partial charge in [0.2, 0.25) is 0 Å². The van der Waals surface area contributed by atoms with E-state index in [2.05, 4.69) is 0 Å². The van der Waals surface area contributed by atoms with Crippen molar-refractivity contribution >= 4 is 11.9 Å². The number of phenols is 1. The maximum Gasteiger partial charge on any atom is 0.196 e. The number of rotatable bonds is 3. The minimum absolute atomic E-state index is 0.0107. The highest BCUT2D eigenvalue weighted by atomic mass is 16.5. The van der Waals surface area contributed by atoms with Gasteiger partial charge in [0.15, 0.2) is 17.3 Å². The van der Waals surface area contributed by atoms with Crippen LogP contribution in [-0.4, -0.2) is 24.1 Å². The van der Waals surface area contributed by atoms with Gasteiger partial charge in [0.25, 0.3) is 0 Å². The van der Waals surface area contributed by atoms with Gasteiger partial charge < -0.3 is 14.6 Å². The summed E-state index contributed by atoms with van der Waals surface area (Å²) in [5, 5.41) is 9.78. The van der Waals surface area contributed by atoms with Crippen molar-refractivity contribution in [2.24, 2.45) is 0 Å². The van der Waals surface area contributed by atoms with E-state index in [0.717, 1.165) is 16.7 Å². The van der Waals surface area contributed by atoms with Crippen LogP contribution < -0.4 is 9.47 Å². The van der Waals surface area contributed by atoms with Gasteiger partial charge in [-0.1, -0.05) is 18.2 Å². The molecule has 0 aromatic heterocycles. The van der Waals surface area contributed by atoms with Crippen LogP contribution in [0, 0.1) is 13.8 Å². The molecule has 4 heteroatoms. The van der Waals surface area contributed by atoms with Crippen molar-refractivity contribution in [3.8, 4) is 17.2 Å². The van der Waals surface area contributed by atoms with E-state index < -0.39 is 0 Å². The van der Waals surface area contributed by atoms with Crippen LogP contribution >= 0.6 is 0 Å². The van der Waals surface area contributed by atoms with Crippen molar-refractivity contribution in [3.63, 3.8) is 0 Å². The standard InChI is InChI=1S/C20H20O4/c1-4-23-17-10-14(7-8-16(17)21)9-15-11-24-20-13(3)6-5-12(2)18(20)19(15)22/h5-10,21H,4,11H2,1-3H3/b15-9+. The van der Waals surface area contributed by atoms with Crippen molar-refractivity contribution in [1.29, 1.82) is 0 Å².